The summed E-state index contributed by atoms with van der Waals surface area (Å²) in [4.78, 5) is 11.2. The molecule has 0 saturated carbocycles. The Hall–Kier alpha value is -2.20. The summed E-state index contributed by atoms with van der Waals surface area (Å²) in [6.07, 6.45) is 8.00. The quantitative estimate of drug-likeness (QED) is 0.939. The largest absolute Gasteiger partial charge is 0.356 e. The van der Waals surface area contributed by atoms with Crippen LogP contribution in [0.15, 0.2) is 42.7 Å². The van der Waals surface area contributed by atoms with Crippen molar-refractivity contribution < 1.29 is 0 Å². The van der Waals surface area contributed by atoms with E-state index in [0.29, 0.717) is 0 Å². The molecule has 114 valence electrons. The van der Waals surface area contributed by atoms with Crippen molar-refractivity contribution >= 4 is 11.9 Å². The van der Waals surface area contributed by atoms with E-state index in [-0.39, 0.29) is 0 Å². The van der Waals surface area contributed by atoms with Crippen LogP contribution < -0.4 is 10.2 Å². The van der Waals surface area contributed by atoms with Crippen LogP contribution in [0.1, 0.15) is 16.8 Å². The van der Waals surface area contributed by atoms with Crippen molar-refractivity contribution in [1.82, 2.24) is 15.3 Å². The Balaban J connectivity index is 1.72. The van der Waals surface area contributed by atoms with Gasteiger partial charge in [-0.2, -0.15) is 0 Å². The third kappa shape index (κ3) is 3.52. The number of nitrogens with one attached hydrogen (secondary N) is 1. The van der Waals surface area contributed by atoms with Gasteiger partial charge in [0.25, 0.3) is 0 Å². The van der Waals surface area contributed by atoms with E-state index in [2.05, 4.69) is 63.6 Å². The molecule has 0 atom stereocenters. The lowest BCUT2D eigenvalue weighted by Crippen LogP contribution is -2.21. The summed E-state index contributed by atoms with van der Waals surface area (Å²) in [5.74, 6) is 1.06. The number of likely N-dealkylation sites (N-methyl/N-ethyl adjacent to an activating group) is 1. The summed E-state index contributed by atoms with van der Waals surface area (Å²) in [6.45, 7) is 2.84. The number of rotatable bonds is 4. The van der Waals surface area contributed by atoms with Gasteiger partial charge in [-0.1, -0.05) is 42.5 Å². The van der Waals surface area contributed by atoms with Gasteiger partial charge < -0.3 is 10.2 Å². The summed E-state index contributed by atoms with van der Waals surface area (Å²) in [6, 6.07) is 10.4. The highest BCUT2D eigenvalue weighted by atomic mass is 15.2. The van der Waals surface area contributed by atoms with Crippen LogP contribution in [0.5, 0.6) is 0 Å². The van der Waals surface area contributed by atoms with E-state index in [4.69, 9.17) is 0 Å². The van der Waals surface area contributed by atoms with Crippen molar-refractivity contribution in [3.05, 3.63) is 59.6 Å². The summed E-state index contributed by atoms with van der Waals surface area (Å²) >= 11 is 0. The van der Waals surface area contributed by atoms with E-state index in [9.17, 15) is 0 Å². The minimum absolute atomic E-state index is 0.839. The minimum Gasteiger partial charge on any atom is -0.356 e. The van der Waals surface area contributed by atoms with E-state index in [0.717, 1.165) is 38.3 Å². The summed E-state index contributed by atoms with van der Waals surface area (Å²) in [5, 5.41) is 3.42. The van der Waals surface area contributed by atoms with Crippen LogP contribution >= 0.6 is 0 Å². The zero-order valence-electron chi connectivity index (χ0n) is 13.0. The Labute approximate surface area is 131 Å². The molecule has 1 aliphatic heterocycles. The fourth-order valence-corrected chi connectivity index (χ4v) is 2.78. The zero-order valence-corrected chi connectivity index (χ0v) is 13.0. The lowest BCUT2D eigenvalue weighted by atomic mass is 10.1. The third-order valence-corrected chi connectivity index (χ3v) is 3.95. The Kier molecular flexibility index (Phi) is 4.81. The first-order valence-corrected chi connectivity index (χ1v) is 7.81. The Bertz CT molecular complexity index is 637. The van der Waals surface area contributed by atoms with Gasteiger partial charge in [0.1, 0.15) is 12.1 Å². The average molecular weight is 294 g/mol. The zero-order chi connectivity index (χ0) is 15.2. The number of benzene rings is 1. The fraction of sp³-hybridized carbons (Fsp3) is 0.333. The molecule has 0 fully saturated rings. The summed E-state index contributed by atoms with van der Waals surface area (Å²) in [7, 11) is 2.09. The fourth-order valence-electron chi connectivity index (χ4n) is 2.78. The molecule has 0 radical (unpaired) electrons. The molecule has 1 N–H and O–H groups in total. The van der Waals surface area contributed by atoms with Gasteiger partial charge >= 0.3 is 0 Å². The Morgan fingerprint density at radius 2 is 1.95 bits per heavy atom. The Morgan fingerprint density at radius 1 is 1.14 bits per heavy atom. The molecule has 2 aromatic rings. The van der Waals surface area contributed by atoms with E-state index < -0.39 is 0 Å². The molecule has 0 spiro atoms. The van der Waals surface area contributed by atoms with Gasteiger partial charge in [-0.15, -0.1) is 0 Å². The highest BCUT2D eigenvalue weighted by molar-refractivity contribution is 5.52. The molecule has 4 heteroatoms. The average Bonchev–Trinajstić information content (AvgIpc) is 2.81. The normalized spacial score (nSPS) is 14.6. The lowest BCUT2D eigenvalue weighted by Gasteiger charge is -2.20. The van der Waals surface area contributed by atoms with Crippen LogP contribution in [-0.2, 0) is 12.8 Å². The second-order valence-electron chi connectivity index (χ2n) is 5.57. The molecule has 22 heavy (non-hydrogen) atoms. The third-order valence-electron chi connectivity index (χ3n) is 3.95. The molecule has 0 bridgehead atoms. The van der Waals surface area contributed by atoms with Crippen LogP contribution in [0, 0.1) is 0 Å². The standard InChI is InChI=1S/C18H22N4/c1-22(13-5-8-15-6-3-2-4-7-15)18-16-9-11-19-12-10-17(16)20-14-21-18/h2-8,14,19H,9-13H2,1H3. The first kappa shape index (κ1) is 14.7. The van der Waals surface area contributed by atoms with Crippen LogP contribution in [0.2, 0.25) is 0 Å². The van der Waals surface area contributed by atoms with Crippen molar-refractivity contribution in [2.24, 2.45) is 0 Å². The summed E-state index contributed by atoms with van der Waals surface area (Å²) in [5.41, 5.74) is 3.71. The van der Waals surface area contributed by atoms with Gasteiger partial charge in [0, 0.05) is 32.1 Å². The van der Waals surface area contributed by atoms with Crippen molar-refractivity contribution in [3.63, 3.8) is 0 Å². The predicted molar refractivity (Wildman–Crippen MR) is 91.1 cm³/mol. The van der Waals surface area contributed by atoms with E-state index in [1.165, 1.54) is 16.8 Å². The maximum Gasteiger partial charge on any atom is 0.135 e. The van der Waals surface area contributed by atoms with Gasteiger partial charge in [-0.3, -0.25) is 0 Å². The van der Waals surface area contributed by atoms with Crippen molar-refractivity contribution in [3.8, 4) is 0 Å². The number of nitrogens with zero attached hydrogens (tertiary/aromatic N) is 3. The molecule has 3 rings (SSSR count). The summed E-state index contributed by atoms with van der Waals surface area (Å²) < 4.78 is 0. The predicted octanol–water partition coefficient (Wildman–Crippen LogP) is 2.31. The Morgan fingerprint density at radius 3 is 2.82 bits per heavy atom. The minimum atomic E-state index is 0.839. The SMILES string of the molecule is CN(CC=Cc1ccccc1)c1ncnc2c1CCNCC2. The second kappa shape index (κ2) is 7.18. The van der Waals surface area contributed by atoms with Crippen LogP contribution in [0.4, 0.5) is 5.82 Å². The molecule has 0 saturated heterocycles. The lowest BCUT2D eigenvalue weighted by molar-refractivity contribution is 0.708. The van der Waals surface area contributed by atoms with Crippen molar-refractivity contribution in [2.45, 2.75) is 12.8 Å². The maximum absolute atomic E-state index is 4.51. The molecular formula is C18H22N4. The van der Waals surface area contributed by atoms with Crippen molar-refractivity contribution in [1.29, 1.82) is 0 Å². The molecule has 0 unspecified atom stereocenters. The van der Waals surface area contributed by atoms with Crippen LogP contribution in [0.3, 0.4) is 0 Å². The second-order valence-corrected chi connectivity index (χ2v) is 5.57. The first-order valence-electron chi connectivity index (χ1n) is 7.81. The number of hydrogen-bond donors (Lipinski definition) is 1. The monoisotopic (exact) mass is 294 g/mol. The molecule has 1 aliphatic rings. The molecule has 4 nitrogen and oxygen atoms in total. The van der Waals surface area contributed by atoms with Crippen molar-refractivity contribution in [2.75, 3.05) is 31.6 Å². The van der Waals surface area contributed by atoms with E-state index in [1.54, 1.807) is 6.33 Å². The smallest absolute Gasteiger partial charge is 0.135 e. The molecule has 1 aromatic carbocycles. The molecular weight excluding hydrogens is 272 g/mol. The van der Waals surface area contributed by atoms with Gasteiger partial charge in [0.2, 0.25) is 0 Å². The number of anilines is 1. The highest BCUT2D eigenvalue weighted by Gasteiger charge is 2.15. The van der Waals surface area contributed by atoms with E-state index in [1.807, 2.05) is 6.07 Å². The van der Waals surface area contributed by atoms with Gasteiger partial charge in [-0.25, -0.2) is 9.97 Å². The first-order chi connectivity index (χ1) is 10.8. The van der Waals surface area contributed by atoms with Gasteiger partial charge in [-0.05, 0) is 18.5 Å². The molecule has 0 aliphatic carbocycles. The number of hydrogen-bond acceptors (Lipinski definition) is 4. The van der Waals surface area contributed by atoms with Gasteiger partial charge in [0.15, 0.2) is 0 Å². The molecule has 1 aromatic heterocycles. The van der Waals surface area contributed by atoms with Crippen LogP contribution in [-0.4, -0.2) is 36.6 Å². The number of aromatic nitrogens is 2. The molecule has 2 heterocycles. The van der Waals surface area contributed by atoms with Crippen LogP contribution in [0.25, 0.3) is 6.08 Å². The highest BCUT2D eigenvalue weighted by Crippen LogP contribution is 2.21. The topological polar surface area (TPSA) is 41.1 Å². The number of fused-ring (bicyclic) bond motifs is 1. The van der Waals surface area contributed by atoms with E-state index >= 15 is 0 Å². The maximum atomic E-state index is 4.51. The molecule has 0 amide bonds. The van der Waals surface area contributed by atoms with Gasteiger partial charge in [0.05, 0.1) is 5.69 Å².